The van der Waals surface area contributed by atoms with Crippen LogP contribution in [0.2, 0.25) is 5.02 Å². The largest absolute Gasteiger partial charge is 0.478 e. The summed E-state index contributed by atoms with van der Waals surface area (Å²) in [5, 5.41) is 9.82. The molecule has 1 heterocycles. The molecular weight excluding hydrogens is 250 g/mol. The smallest absolute Gasteiger partial charge is 0.337 e. The highest BCUT2D eigenvalue weighted by atomic mass is 35.5. The number of benzene rings is 1. The fourth-order valence-corrected chi connectivity index (χ4v) is 3.03. The number of hydrogen-bond acceptors (Lipinski definition) is 2. The van der Waals surface area contributed by atoms with Gasteiger partial charge in [0.2, 0.25) is 0 Å². The third kappa shape index (κ3) is 2.32. The highest BCUT2D eigenvalue weighted by Gasteiger charge is 2.31. The van der Waals surface area contributed by atoms with Crippen LogP contribution in [-0.2, 0) is 0 Å². The molecular formula is C14H18ClNO2. The molecule has 0 aromatic heterocycles. The SMILES string of the molecule is CC(C)C1CCCN1c1c(Cl)cccc1C(=O)O. The van der Waals surface area contributed by atoms with Gasteiger partial charge < -0.3 is 10.0 Å². The van der Waals surface area contributed by atoms with Crippen molar-refractivity contribution >= 4 is 23.3 Å². The number of carboxylic acids is 1. The molecule has 1 aliphatic rings. The fourth-order valence-electron chi connectivity index (χ4n) is 2.74. The Balaban J connectivity index is 2.46. The molecule has 1 N–H and O–H groups in total. The third-order valence-electron chi connectivity index (χ3n) is 3.57. The molecule has 1 aromatic carbocycles. The molecule has 1 atom stereocenters. The number of para-hydroxylation sites is 1. The molecule has 1 aliphatic heterocycles. The monoisotopic (exact) mass is 267 g/mol. The van der Waals surface area contributed by atoms with E-state index >= 15 is 0 Å². The Bertz CT molecular complexity index is 459. The van der Waals surface area contributed by atoms with Crippen LogP contribution in [0.3, 0.4) is 0 Å². The van der Waals surface area contributed by atoms with E-state index in [0.29, 0.717) is 28.2 Å². The van der Waals surface area contributed by atoms with E-state index in [-0.39, 0.29) is 0 Å². The summed E-state index contributed by atoms with van der Waals surface area (Å²) in [7, 11) is 0. The van der Waals surface area contributed by atoms with Gasteiger partial charge in [0.15, 0.2) is 0 Å². The van der Waals surface area contributed by atoms with Crippen LogP contribution in [0.1, 0.15) is 37.0 Å². The molecule has 1 aromatic rings. The second kappa shape index (κ2) is 5.19. The zero-order valence-corrected chi connectivity index (χ0v) is 11.4. The highest BCUT2D eigenvalue weighted by Crippen LogP contribution is 2.37. The van der Waals surface area contributed by atoms with E-state index in [1.165, 1.54) is 0 Å². The lowest BCUT2D eigenvalue weighted by molar-refractivity contribution is 0.0697. The van der Waals surface area contributed by atoms with Crippen molar-refractivity contribution < 1.29 is 9.90 Å². The topological polar surface area (TPSA) is 40.5 Å². The second-order valence-corrected chi connectivity index (χ2v) is 5.50. The maximum absolute atomic E-state index is 11.3. The van der Waals surface area contributed by atoms with Crippen molar-refractivity contribution in [2.45, 2.75) is 32.7 Å². The first-order chi connectivity index (χ1) is 8.52. The molecule has 1 fully saturated rings. The van der Waals surface area contributed by atoms with Crippen molar-refractivity contribution in [3.05, 3.63) is 28.8 Å². The van der Waals surface area contributed by atoms with Crippen LogP contribution in [0.25, 0.3) is 0 Å². The van der Waals surface area contributed by atoms with Crippen LogP contribution in [0.5, 0.6) is 0 Å². The zero-order valence-electron chi connectivity index (χ0n) is 10.7. The van der Waals surface area contributed by atoms with Crippen LogP contribution in [-0.4, -0.2) is 23.7 Å². The van der Waals surface area contributed by atoms with Crippen molar-refractivity contribution in [3.63, 3.8) is 0 Å². The minimum atomic E-state index is -0.915. The number of nitrogens with zero attached hydrogens (tertiary/aromatic N) is 1. The number of carbonyl (C=O) groups is 1. The molecule has 2 rings (SSSR count). The van der Waals surface area contributed by atoms with Crippen molar-refractivity contribution in [1.29, 1.82) is 0 Å². The Morgan fingerprint density at radius 1 is 1.50 bits per heavy atom. The highest BCUT2D eigenvalue weighted by molar-refractivity contribution is 6.34. The van der Waals surface area contributed by atoms with Crippen LogP contribution in [0.4, 0.5) is 5.69 Å². The summed E-state index contributed by atoms with van der Waals surface area (Å²) in [6.45, 7) is 5.22. The van der Waals surface area contributed by atoms with Gasteiger partial charge in [0.1, 0.15) is 0 Å². The van der Waals surface area contributed by atoms with E-state index in [1.54, 1.807) is 18.2 Å². The minimum Gasteiger partial charge on any atom is -0.478 e. The first-order valence-electron chi connectivity index (χ1n) is 6.31. The summed E-state index contributed by atoms with van der Waals surface area (Å²) in [6.07, 6.45) is 2.19. The number of aromatic carboxylic acids is 1. The average Bonchev–Trinajstić information content (AvgIpc) is 2.77. The Kier molecular flexibility index (Phi) is 3.81. The number of hydrogen-bond donors (Lipinski definition) is 1. The standard InChI is InChI=1S/C14H18ClNO2/c1-9(2)12-7-4-8-16(12)13-10(14(17)18)5-3-6-11(13)15/h3,5-6,9,12H,4,7-8H2,1-2H3,(H,17,18). The predicted octanol–water partition coefficient (Wildman–Crippen LogP) is 3.66. The van der Waals surface area contributed by atoms with Crippen LogP contribution >= 0.6 is 11.6 Å². The molecule has 18 heavy (non-hydrogen) atoms. The molecule has 1 unspecified atom stereocenters. The third-order valence-corrected chi connectivity index (χ3v) is 3.88. The number of halogens is 1. The van der Waals surface area contributed by atoms with Gasteiger partial charge in [-0.1, -0.05) is 31.5 Å². The van der Waals surface area contributed by atoms with E-state index in [2.05, 4.69) is 18.7 Å². The van der Waals surface area contributed by atoms with E-state index in [1.807, 2.05) is 0 Å². The number of rotatable bonds is 3. The van der Waals surface area contributed by atoms with Crippen LogP contribution in [0, 0.1) is 5.92 Å². The van der Waals surface area contributed by atoms with Gasteiger partial charge >= 0.3 is 5.97 Å². The summed E-state index contributed by atoms with van der Waals surface area (Å²) >= 11 is 6.22. The maximum Gasteiger partial charge on any atom is 0.337 e. The van der Waals surface area contributed by atoms with Gasteiger partial charge in [-0.25, -0.2) is 4.79 Å². The fraction of sp³-hybridized carbons (Fsp3) is 0.500. The van der Waals surface area contributed by atoms with E-state index < -0.39 is 5.97 Å². The molecule has 0 radical (unpaired) electrons. The Labute approximate surface area is 112 Å². The zero-order chi connectivity index (χ0) is 13.3. The van der Waals surface area contributed by atoms with Gasteiger partial charge in [-0.05, 0) is 30.9 Å². The van der Waals surface area contributed by atoms with Gasteiger partial charge in [-0.15, -0.1) is 0 Å². The summed E-state index contributed by atoms with van der Waals surface area (Å²) < 4.78 is 0. The Morgan fingerprint density at radius 2 is 2.22 bits per heavy atom. The van der Waals surface area contributed by atoms with Crippen molar-refractivity contribution in [2.24, 2.45) is 5.92 Å². The maximum atomic E-state index is 11.3. The summed E-state index contributed by atoms with van der Waals surface area (Å²) in [4.78, 5) is 13.5. The van der Waals surface area contributed by atoms with Crippen molar-refractivity contribution in [3.8, 4) is 0 Å². The lowest BCUT2D eigenvalue weighted by atomic mass is 10.0. The average molecular weight is 268 g/mol. The quantitative estimate of drug-likeness (QED) is 0.909. The van der Waals surface area contributed by atoms with Gasteiger partial charge in [0, 0.05) is 12.6 Å². The molecule has 3 nitrogen and oxygen atoms in total. The number of anilines is 1. The van der Waals surface area contributed by atoms with E-state index in [9.17, 15) is 9.90 Å². The first kappa shape index (κ1) is 13.2. The van der Waals surface area contributed by atoms with E-state index in [4.69, 9.17) is 11.6 Å². The van der Waals surface area contributed by atoms with Crippen LogP contribution in [0.15, 0.2) is 18.2 Å². The molecule has 98 valence electrons. The molecule has 0 amide bonds. The lowest BCUT2D eigenvalue weighted by Gasteiger charge is -2.31. The first-order valence-corrected chi connectivity index (χ1v) is 6.68. The van der Waals surface area contributed by atoms with Crippen molar-refractivity contribution in [2.75, 3.05) is 11.4 Å². The molecule has 1 saturated heterocycles. The summed E-state index contributed by atoms with van der Waals surface area (Å²) in [6, 6.07) is 5.46. The number of carboxylic acid groups (broad SMARTS) is 1. The van der Waals surface area contributed by atoms with Gasteiger partial charge in [0.25, 0.3) is 0 Å². The molecule has 0 aliphatic carbocycles. The summed E-state index contributed by atoms with van der Waals surface area (Å²) in [5.74, 6) is -0.424. The van der Waals surface area contributed by atoms with Crippen LogP contribution < -0.4 is 4.90 Å². The van der Waals surface area contributed by atoms with Gasteiger partial charge in [-0.2, -0.15) is 0 Å². The molecule has 0 spiro atoms. The summed E-state index contributed by atoms with van der Waals surface area (Å²) in [5.41, 5.74) is 0.984. The molecule has 0 bridgehead atoms. The Morgan fingerprint density at radius 3 is 2.83 bits per heavy atom. The van der Waals surface area contributed by atoms with E-state index in [0.717, 1.165) is 19.4 Å². The second-order valence-electron chi connectivity index (χ2n) is 5.09. The van der Waals surface area contributed by atoms with Gasteiger partial charge in [0.05, 0.1) is 16.3 Å². The molecule has 4 heteroatoms. The predicted molar refractivity (Wildman–Crippen MR) is 73.6 cm³/mol. The normalized spacial score (nSPS) is 19.6. The minimum absolute atomic E-state index is 0.301. The molecule has 0 saturated carbocycles. The Hall–Kier alpha value is -1.22. The van der Waals surface area contributed by atoms with Gasteiger partial charge in [-0.3, -0.25) is 0 Å². The lowest BCUT2D eigenvalue weighted by Crippen LogP contribution is -2.34. The van der Waals surface area contributed by atoms with Crippen molar-refractivity contribution in [1.82, 2.24) is 0 Å².